The molecule has 0 atom stereocenters. The summed E-state index contributed by atoms with van der Waals surface area (Å²) in [6, 6.07) is 37.2. The van der Waals surface area contributed by atoms with Gasteiger partial charge in [-0.05, 0) is 138 Å². The van der Waals surface area contributed by atoms with E-state index in [1.54, 1.807) is 0 Å². The Morgan fingerprint density at radius 2 is 1.18 bits per heavy atom. The van der Waals surface area contributed by atoms with E-state index in [0.717, 1.165) is 33.7 Å². The first kappa shape index (κ1) is 37.9. The quantitative estimate of drug-likeness (QED) is 0.163. The van der Waals surface area contributed by atoms with Crippen LogP contribution in [0.1, 0.15) is 121 Å². The van der Waals surface area contributed by atoms with Crippen LogP contribution in [0.25, 0.3) is 22.1 Å². The largest absolute Gasteiger partial charge is 0.468 e. The summed E-state index contributed by atoms with van der Waals surface area (Å²) in [6.45, 7) is 29.6. The maximum Gasteiger partial charge on any atom is 0.309 e. The van der Waals surface area contributed by atoms with Crippen molar-refractivity contribution in [1.82, 2.24) is 0 Å². The number of fused-ring (bicyclic) bond motifs is 11. The summed E-state index contributed by atoms with van der Waals surface area (Å²) in [7, 11) is 0. The molecule has 0 amide bonds. The number of nitrogens with zero attached hydrogens (tertiary/aromatic N) is 2. The van der Waals surface area contributed by atoms with E-state index in [2.05, 4.69) is 197 Å². The standard InChI is InChI=1S/C54H55BN2O2S/c1-30-26-40-44-41(27-30)57(34-24-20-32(21-25-34)51(5,6)7)46-43-47(54(12,13)59-53(43,10)11)60-49(46)55(44)48-45(56(40)33-22-18-31(19-23-33)50(2,3)4)37-28-36-35-16-14-15-17-38(35)52(8,9)39(36)29-42(37)58-48/h14-29H,1-13H3. The predicted octanol–water partition coefficient (Wildman–Crippen LogP) is 13.3. The van der Waals surface area contributed by atoms with Gasteiger partial charge in [0.1, 0.15) is 11.2 Å². The Morgan fingerprint density at radius 1 is 0.617 bits per heavy atom. The lowest BCUT2D eigenvalue weighted by molar-refractivity contribution is -0.104. The molecule has 0 N–H and O–H groups in total. The third-order valence-electron chi connectivity index (χ3n) is 14.0. The van der Waals surface area contributed by atoms with Gasteiger partial charge in [-0.1, -0.05) is 104 Å². The molecule has 11 rings (SSSR count). The molecule has 0 saturated heterocycles. The summed E-state index contributed by atoms with van der Waals surface area (Å²) in [5.41, 5.74) is 19.8. The number of anilines is 6. The van der Waals surface area contributed by atoms with E-state index in [-0.39, 0.29) is 23.0 Å². The van der Waals surface area contributed by atoms with Gasteiger partial charge >= 0.3 is 6.71 Å². The molecule has 6 heteroatoms. The van der Waals surface area contributed by atoms with Crippen LogP contribution in [0.5, 0.6) is 0 Å². The molecule has 60 heavy (non-hydrogen) atoms. The fraction of sp³-hybridized carbons (Fsp3) is 0.333. The minimum atomic E-state index is -0.497. The van der Waals surface area contributed by atoms with E-state index in [0.29, 0.717) is 0 Å². The number of hydrogen-bond acceptors (Lipinski definition) is 5. The van der Waals surface area contributed by atoms with E-state index in [9.17, 15) is 0 Å². The summed E-state index contributed by atoms with van der Waals surface area (Å²) in [5, 5.41) is 1.15. The fourth-order valence-electron chi connectivity index (χ4n) is 11.1. The topological polar surface area (TPSA) is 28.9 Å². The van der Waals surface area contributed by atoms with Crippen LogP contribution in [0.4, 0.5) is 34.1 Å². The van der Waals surface area contributed by atoms with Crippen LogP contribution in [0.2, 0.25) is 0 Å². The van der Waals surface area contributed by atoms with Gasteiger partial charge < -0.3 is 19.0 Å². The van der Waals surface area contributed by atoms with E-state index in [1.807, 2.05) is 11.3 Å². The molecule has 1 aliphatic carbocycles. The Kier molecular flexibility index (Phi) is 7.50. The maximum atomic E-state index is 7.49. The van der Waals surface area contributed by atoms with Gasteiger partial charge in [-0.3, -0.25) is 0 Å². The van der Waals surface area contributed by atoms with Crippen LogP contribution in [0.15, 0.2) is 101 Å². The molecule has 0 saturated carbocycles. The van der Waals surface area contributed by atoms with Crippen molar-refractivity contribution in [3.05, 3.63) is 135 Å². The molecule has 4 aliphatic rings. The summed E-state index contributed by atoms with van der Waals surface area (Å²) >= 11 is 1.93. The highest BCUT2D eigenvalue weighted by atomic mass is 32.1. The SMILES string of the molecule is Cc1cc2c3c(c1)N(c1ccc(C(C)(C)C)cc1)c1c(oc4cc5c(cc14)-c1ccccc1C5(C)C)B3c1sc3c(c1N2c1ccc(C(C)(C)C)cc1)C(C)(C)OC3(C)C. The van der Waals surface area contributed by atoms with Crippen LogP contribution < -0.4 is 25.7 Å². The Morgan fingerprint density at radius 3 is 1.77 bits per heavy atom. The first-order chi connectivity index (χ1) is 28.2. The molecular weight excluding hydrogens is 751 g/mol. The van der Waals surface area contributed by atoms with Gasteiger partial charge in [-0.15, -0.1) is 11.3 Å². The number of aryl methyl sites for hydroxylation is 1. The highest BCUT2D eigenvalue weighted by Crippen LogP contribution is 2.58. The molecule has 3 aliphatic heterocycles. The van der Waals surface area contributed by atoms with Crippen LogP contribution in [-0.2, 0) is 32.2 Å². The summed E-state index contributed by atoms with van der Waals surface area (Å²) in [5.74, 6) is 0. The third kappa shape index (κ3) is 5.07. The monoisotopic (exact) mass is 806 g/mol. The minimum absolute atomic E-state index is 0.0343. The number of ether oxygens (including phenoxy) is 1. The first-order valence-electron chi connectivity index (χ1n) is 21.7. The second-order valence-electron chi connectivity index (χ2n) is 21.4. The van der Waals surface area contributed by atoms with Crippen molar-refractivity contribution >= 4 is 79.0 Å². The number of thiophene rings is 1. The van der Waals surface area contributed by atoms with Crippen molar-refractivity contribution in [2.75, 3.05) is 9.80 Å². The zero-order chi connectivity index (χ0) is 42.2. The van der Waals surface area contributed by atoms with E-state index < -0.39 is 11.2 Å². The second kappa shape index (κ2) is 11.9. The molecule has 4 nitrogen and oxygen atoms in total. The minimum Gasteiger partial charge on any atom is -0.468 e. The van der Waals surface area contributed by atoms with Crippen LogP contribution in [0, 0.1) is 6.92 Å². The smallest absolute Gasteiger partial charge is 0.309 e. The summed E-state index contributed by atoms with van der Waals surface area (Å²) < 4.78 is 15.8. The summed E-state index contributed by atoms with van der Waals surface area (Å²) in [6.07, 6.45) is 0. The highest BCUT2D eigenvalue weighted by Gasteiger charge is 2.55. The van der Waals surface area contributed by atoms with Gasteiger partial charge in [0, 0.05) is 48.8 Å². The number of furan rings is 1. The Balaban J connectivity index is 1.25. The van der Waals surface area contributed by atoms with Crippen molar-refractivity contribution < 1.29 is 9.15 Å². The third-order valence-corrected chi connectivity index (χ3v) is 15.5. The van der Waals surface area contributed by atoms with E-state index >= 15 is 0 Å². The molecule has 5 aromatic carbocycles. The van der Waals surface area contributed by atoms with Gasteiger partial charge in [0.2, 0.25) is 0 Å². The number of rotatable bonds is 2. The molecule has 2 aromatic heterocycles. The maximum absolute atomic E-state index is 7.49. The molecule has 0 bridgehead atoms. The van der Waals surface area contributed by atoms with Gasteiger partial charge in [0.15, 0.2) is 0 Å². The first-order valence-corrected chi connectivity index (χ1v) is 22.5. The zero-order valence-electron chi connectivity index (χ0n) is 37.4. The van der Waals surface area contributed by atoms with Crippen LogP contribution >= 0.6 is 11.3 Å². The molecule has 0 unspecified atom stereocenters. The summed E-state index contributed by atoms with van der Waals surface area (Å²) in [4.78, 5) is 6.39. The van der Waals surface area contributed by atoms with Crippen molar-refractivity contribution in [2.24, 2.45) is 0 Å². The van der Waals surface area contributed by atoms with E-state index in [4.69, 9.17) is 9.15 Å². The fourth-order valence-corrected chi connectivity index (χ4v) is 12.7. The molecule has 0 fully saturated rings. The van der Waals surface area contributed by atoms with Gasteiger partial charge in [-0.25, -0.2) is 0 Å². The average molecular weight is 807 g/mol. The Labute approximate surface area is 360 Å². The second-order valence-corrected chi connectivity index (χ2v) is 22.5. The van der Waals surface area contributed by atoms with Crippen molar-refractivity contribution in [3.8, 4) is 11.1 Å². The van der Waals surface area contributed by atoms with Crippen molar-refractivity contribution in [3.63, 3.8) is 0 Å². The Bertz CT molecular complexity index is 2970. The van der Waals surface area contributed by atoms with Crippen molar-refractivity contribution in [1.29, 1.82) is 0 Å². The lowest BCUT2D eigenvalue weighted by Gasteiger charge is -2.42. The van der Waals surface area contributed by atoms with Gasteiger partial charge in [-0.2, -0.15) is 0 Å². The van der Waals surface area contributed by atoms with Gasteiger partial charge in [0.25, 0.3) is 0 Å². The normalized spacial score (nSPS) is 17.6. The van der Waals surface area contributed by atoms with Crippen LogP contribution in [0.3, 0.4) is 0 Å². The Hall–Kier alpha value is -5.04. The molecule has 0 radical (unpaired) electrons. The molecule has 7 aromatic rings. The molecule has 0 spiro atoms. The van der Waals surface area contributed by atoms with Gasteiger partial charge in [0.05, 0.1) is 22.6 Å². The lowest BCUT2D eigenvalue weighted by Crippen LogP contribution is -2.60. The van der Waals surface area contributed by atoms with Crippen molar-refractivity contribution in [2.45, 2.75) is 117 Å². The lowest BCUT2D eigenvalue weighted by atomic mass is 9.38. The molecule has 5 heterocycles. The number of hydrogen-bond donors (Lipinski definition) is 0. The van der Waals surface area contributed by atoms with E-state index in [1.165, 1.54) is 76.7 Å². The number of benzene rings is 5. The van der Waals surface area contributed by atoms with Crippen LogP contribution in [-0.4, -0.2) is 6.71 Å². The highest BCUT2D eigenvalue weighted by molar-refractivity contribution is 7.29. The molecule has 302 valence electrons. The predicted molar refractivity (Wildman–Crippen MR) is 255 cm³/mol. The average Bonchev–Trinajstić information content (AvgIpc) is 3.87. The molecular formula is C54H55BN2O2S. The zero-order valence-corrected chi connectivity index (χ0v) is 38.3.